The van der Waals surface area contributed by atoms with Gasteiger partial charge < -0.3 is 29.5 Å². The fraction of sp³-hybridized carbons (Fsp3) is 0.290. The number of carbonyl (C=O) groups excluding carboxylic acids is 2. The maximum atomic E-state index is 13.3. The number of aryl methyl sites for hydroxylation is 1. The highest BCUT2D eigenvalue weighted by Gasteiger charge is 2.46. The first-order valence-electron chi connectivity index (χ1n) is 13.0. The normalized spacial score (nSPS) is 16.6. The van der Waals surface area contributed by atoms with Crippen LogP contribution in [0.3, 0.4) is 0 Å². The summed E-state index contributed by atoms with van der Waals surface area (Å²) < 4.78 is 11.4. The monoisotopic (exact) mass is 531 g/mol. The van der Waals surface area contributed by atoms with Gasteiger partial charge >= 0.3 is 0 Å². The molecular weight excluding hydrogens is 496 g/mol. The number of quaternary nitrogens is 1. The lowest BCUT2D eigenvalue weighted by Crippen LogP contribution is -3.06. The number of ether oxygens (including phenoxy) is 2. The molecule has 0 spiro atoms. The highest BCUT2D eigenvalue weighted by atomic mass is 16.5. The Bertz CT molecular complexity index is 1380. The van der Waals surface area contributed by atoms with E-state index in [1.807, 2.05) is 39.2 Å². The lowest BCUT2D eigenvalue weighted by molar-refractivity contribution is -0.857. The van der Waals surface area contributed by atoms with Crippen molar-refractivity contribution in [1.29, 1.82) is 0 Å². The SMILES string of the molecule is CCOc1cc(C2C(=C(O)c3ccc(OCc4cccc(C)c4)cc3)C(=O)C(=O)N2CC[NH+](C)C)ccc1O. The summed E-state index contributed by atoms with van der Waals surface area (Å²) >= 11 is 0. The van der Waals surface area contributed by atoms with E-state index in [1.165, 1.54) is 11.0 Å². The second kappa shape index (κ2) is 12.0. The average Bonchev–Trinajstić information content (AvgIpc) is 3.17. The molecule has 39 heavy (non-hydrogen) atoms. The van der Waals surface area contributed by atoms with Crippen LogP contribution in [0.2, 0.25) is 0 Å². The number of carbonyl (C=O) groups is 2. The molecule has 4 rings (SSSR count). The fourth-order valence-electron chi connectivity index (χ4n) is 4.61. The minimum Gasteiger partial charge on any atom is -0.507 e. The Hall–Kier alpha value is -4.30. The molecule has 1 aliphatic heterocycles. The van der Waals surface area contributed by atoms with Gasteiger partial charge in [-0.2, -0.15) is 0 Å². The number of amides is 1. The number of ketones is 1. The molecule has 0 aromatic heterocycles. The predicted molar refractivity (Wildman–Crippen MR) is 148 cm³/mol. The molecule has 3 aromatic rings. The van der Waals surface area contributed by atoms with Crippen LogP contribution in [0.15, 0.2) is 72.3 Å². The molecule has 204 valence electrons. The van der Waals surface area contributed by atoms with Crippen LogP contribution in [-0.2, 0) is 16.2 Å². The van der Waals surface area contributed by atoms with E-state index in [0.717, 1.165) is 16.0 Å². The van der Waals surface area contributed by atoms with Crippen molar-refractivity contribution in [3.63, 3.8) is 0 Å². The van der Waals surface area contributed by atoms with E-state index in [2.05, 4.69) is 6.07 Å². The lowest BCUT2D eigenvalue weighted by Gasteiger charge is -2.26. The van der Waals surface area contributed by atoms with Crippen molar-refractivity contribution in [3.05, 3.63) is 94.6 Å². The van der Waals surface area contributed by atoms with Gasteiger partial charge in [-0.15, -0.1) is 0 Å². The van der Waals surface area contributed by atoms with E-state index in [0.29, 0.717) is 43.2 Å². The van der Waals surface area contributed by atoms with E-state index in [4.69, 9.17) is 9.47 Å². The Balaban J connectivity index is 1.68. The summed E-state index contributed by atoms with van der Waals surface area (Å²) in [7, 11) is 3.92. The number of rotatable bonds is 10. The quantitative estimate of drug-likeness (QED) is 0.211. The average molecular weight is 532 g/mol. The molecular formula is C31H35N2O6+. The Labute approximate surface area is 228 Å². The van der Waals surface area contributed by atoms with Crippen molar-refractivity contribution in [2.75, 3.05) is 33.8 Å². The lowest BCUT2D eigenvalue weighted by atomic mass is 9.95. The number of aliphatic hydroxyl groups is 1. The summed E-state index contributed by atoms with van der Waals surface area (Å²) in [4.78, 5) is 29.0. The first-order valence-corrected chi connectivity index (χ1v) is 13.0. The fourth-order valence-corrected chi connectivity index (χ4v) is 4.61. The largest absolute Gasteiger partial charge is 0.507 e. The van der Waals surface area contributed by atoms with Gasteiger partial charge in [-0.25, -0.2) is 0 Å². The van der Waals surface area contributed by atoms with Gasteiger partial charge in [0.25, 0.3) is 11.7 Å². The number of hydrogen-bond acceptors (Lipinski definition) is 6. The van der Waals surface area contributed by atoms with Crippen molar-refractivity contribution in [2.24, 2.45) is 0 Å². The molecule has 1 amide bonds. The van der Waals surface area contributed by atoms with Gasteiger partial charge in [0.2, 0.25) is 0 Å². The molecule has 1 heterocycles. The van der Waals surface area contributed by atoms with Crippen molar-refractivity contribution in [2.45, 2.75) is 26.5 Å². The van der Waals surface area contributed by atoms with E-state index in [1.54, 1.807) is 43.3 Å². The highest BCUT2D eigenvalue weighted by Crippen LogP contribution is 2.41. The van der Waals surface area contributed by atoms with Gasteiger partial charge in [-0.05, 0) is 61.4 Å². The Kier molecular flexibility index (Phi) is 8.56. The molecule has 8 heteroatoms. The van der Waals surface area contributed by atoms with E-state index < -0.39 is 17.7 Å². The molecule has 1 aliphatic rings. The number of Topliss-reactive ketones (excluding diaryl/α,β-unsaturated/α-hetero) is 1. The number of aliphatic hydroxyl groups excluding tert-OH is 1. The number of benzene rings is 3. The van der Waals surface area contributed by atoms with Crippen LogP contribution in [0.4, 0.5) is 0 Å². The van der Waals surface area contributed by atoms with Crippen LogP contribution in [0.1, 0.15) is 35.2 Å². The van der Waals surface area contributed by atoms with Crippen molar-refractivity contribution in [3.8, 4) is 17.2 Å². The van der Waals surface area contributed by atoms with E-state index >= 15 is 0 Å². The minimum atomic E-state index is -0.832. The van der Waals surface area contributed by atoms with Crippen LogP contribution in [-0.4, -0.2) is 60.6 Å². The summed E-state index contributed by atoms with van der Waals surface area (Å²) in [5.74, 6) is -0.886. The van der Waals surface area contributed by atoms with Gasteiger partial charge in [0, 0.05) is 5.56 Å². The van der Waals surface area contributed by atoms with Gasteiger partial charge in [0.1, 0.15) is 18.1 Å². The second-order valence-electron chi connectivity index (χ2n) is 9.91. The zero-order valence-corrected chi connectivity index (χ0v) is 22.7. The standard InChI is InChI=1S/C31H34N2O6/c1-5-38-26-18-23(11-14-25(26)34)28-27(30(36)31(37)33(28)16-15-32(3)4)29(35)22-9-12-24(13-10-22)39-19-21-8-6-7-20(2)17-21/h6-14,17-18,28,34-35H,5,15-16,19H2,1-4H3/p+1. The molecule has 0 bridgehead atoms. The Morgan fingerprint density at radius 2 is 1.74 bits per heavy atom. The summed E-state index contributed by atoms with van der Waals surface area (Å²) in [5.41, 5.74) is 3.14. The van der Waals surface area contributed by atoms with E-state index in [9.17, 15) is 19.8 Å². The first-order chi connectivity index (χ1) is 18.7. The number of phenolic OH excluding ortho intramolecular Hbond substituents is 1. The summed E-state index contributed by atoms with van der Waals surface area (Å²) in [6, 6.07) is 18.7. The Morgan fingerprint density at radius 1 is 1.00 bits per heavy atom. The zero-order chi connectivity index (χ0) is 28.1. The molecule has 1 fully saturated rings. The summed E-state index contributed by atoms with van der Waals surface area (Å²) in [6.07, 6.45) is 0. The topological polar surface area (TPSA) is 101 Å². The van der Waals surface area contributed by atoms with Crippen molar-refractivity contribution in [1.82, 2.24) is 4.90 Å². The third-order valence-electron chi connectivity index (χ3n) is 6.61. The molecule has 3 N–H and O–H groups in total. The maximum Gasteiger partial charge on any atom is 0.295 e. The molecule has 0 saturated carbocycles. The number of hydrogen-bond donors (Lipinski definition) is 3. The summed E-state index contributed by atoms with van der Waals surface area (Å²) in [5, 5.41) is 21.6. The molecule has 1 unspecified atom stereocenters. The number of aromatic hydroxyl groups is 1. The third-order valence-corrected chi connectivity index (χ3v) is 6.61. The predicted octanol–water partition coefficient (Wildman–Crippen LogP) is 3.24. The molecule has 0 radical (unpaired) electrons. The first kappa shape index (κ1) is 27.7. The third kappa shape index (κ3) is 6.23. The highest BCUT2D eigenvalue weighted by molar-refractivity contribution is 6.46. The smallest absolute Gasteiger partial charge is 0.295 e. The van der Waals surface area contributed by atoms with Gasteiger partial charge in [-0.3, -0.25) is 9.59 Å². The molecule has 1 saturated heterocycles. The van der Waals surface area contributed by atoms with Crippen molar-refractivity contribution >= 4 is 17.4 Å². The number of nitrogens with one attached hydrogen (secondary N) is 1. The zero-order valence-electron chi connectivity index (χ0n) is 22.7. The minimum absolute atomic E-state index is 0.00433. The van der Waals surface area contributed by atoms with Crippen LogP contribution in [0, 0.1) is 6.92 Å². The molecule has 3 aromatic carbocycles. The summed E-state index contributed by atoms with van der Waals surface area (Å²) in [6.45, 7) is 5.47. The number of nitrogens with zero attached hydrogens (tertiary/aromatic N) is 1. The second-order valence-corrected chi connectivity index (χ2v) is 9.91. The van der Waals surface area contributed by atoms with Crippen LogP contribution in [0.25, 0.3) is 5.76 Å². The van der Waals surface area contributed by atoms with Crippen LogP contribution >= 0.6 is 0 Å². The maximum absolute atomic E-state index is 13.3. The van der Waals surface area contributed by atoms with Crippen LogP contribution < -0.4 is 14.4 Å². The van der Waals surface area contributed by atoms with Gasteiger partial charge in [0.05, 0.1) is 45.4 Å². The number of likely N-dealkylation sites (tertiary alicyclic amines) is 1. The van der Waals surface area contributed by atoms with Crippen molar-refractivity contribution < 1.29 is 34.2 Å². The Morgan fingerprint density at radius 3 is 2.41 bits per heavy atom. The van der Waals surface area contributed by atoms with Gasteiger partial charge in [0.15, 0.2) is 11.5 Å². The molecule has 1 atom stereocenters. The number of likely N-dealkylation sites (N-methyl/N-ethyl adjacent to an activating group) is 1. The molecule has 8 nitrogen and oxygen atoms in total. The van der Waals surface area contributed by atoms with Gasteiger partial charge in [-0.1, -0.05) is 35.9 Å². The van der Waals surface area contributed by atoms with E-state index in [-0.39, 0.29) is 22.8 Å². The number of phenols is 1. The molecule has 0 aliphatic carbocycles. The van der Waals surface area contributed by atoms with Crippen LogP contribution in [0.5, 0.6) is 17.2 Å².